The van der Waals surface area contributed by atoms with Crippen molar-refractivity contribution in [3.8, 4) is 17.2 Å². The molecule has 0 saturated carbocycles. The molecule has 0 bridgehead atoms. The molecule has 0 spiro atoms. The number of anilines is 3. The largest absolute Gasteiger partial charge is 0.495 e. The second-order valence-electron chi connectivity index (χ2n) is 7.77. The van der Waals surface area contributed by atoms with E-state index in [1.54, 1.807) is 21.3 Å². The number of benzene rings is 2. The Balaban J connectivity index is 1.41. The van der Waals surface area contributed by atoms with Crippen LogP contribution in [0.1, 0.15) is 25.0 Å². The van der Waals surface area contributed by atoms with E-state index in [9.17, 15) is 0 Å². The van der Waals surface area contributed by atoms with Crippen molar-refractivity contribution in [2.45, 2.75) is 30.7 Å². The Bertz CT molecular complexity index is 1280. The summed E-state index contributed by atoms with van der Waals surface area (Å²) < 4.78 is 27.5. The predicted molar refractivity (Wildman–Crippen MR) is 128 cm³/mol. The SMILES string of the molecule is COc1cc2c(NSc3c(OC)cccc3OC)noc2cc1Nc1cc2n(n1)CCC2C. The number of nitrogens with one attached hydrogen (secondary N) is 2. The number of nitrogens with zero attached hydrogens (tertiary/aromatic N) is 3. The number of fused-ring (bicyclic) bond motifs is 2. The molecule has 0 fully saturated rings. The van der Waals surface area contributed by atoms with Gasteiger partial charge in [0.05, 0.1) is 32.4 Å². The number of ether oxygens (including phenoxy) is 3. The highest BCUT2D eigenvalue weighted by atomic mass is 32.2. The van der Waals surface area contributed by atoms with E-state index in [0.29, 0.717) is 34.6 Å². The molecule has 2 aromatic heterocycles. The minimum atomic E-state index is 0.514. The fraction of sp³-hybridized carbons (Fsp3) is 0.304. The molecule has 1 aliphatic heterocycles. The van der Waals surface area contributed by atoms with Crippen LogP contribution < -0.4 is 24.2 Å². The van der Waals surface area contributed by atoms with Crippen LogP contribution in [-0.4, -0.2) is 36.3 Å². The Labute approximate surface area is 195 Å². The first-order valence-electron chi connectivity index (χ1n) is 10.6. The van der Waals surface area contributed by atoms with Crippen LogP contribution in [0.2, 0.25) is 0 Å². The predicted octanol–water partition coefficient (Wildman–Crippen LogP) is 5.42. The summed E-state index contributed by atoms with van der Waals surface area (Å²) in [6.45, 7) is 3.17. The topological polar surface area (TPSA) is 95.6 Å². The Hall–Kier alpha value is -3.53. The Morgan fingerprint density at radius 3 is 2.52 bits per heavy atom. The summed E-state index contributed by atoms with van der Waals surface area (Å²) in [4.78, 5) is 0.811. The Morgan fingerprint density at radius 2 is 1.82 bits per heavy atom. The highest BCUT2D eigenvalue weighted by molar-refractivity contribution is 8.00. The molecule has 3 heterocycles. The van der Waals surface area contributed by atoms with Crippen molar-refractivity contribution in [1.29, 1.82) is 0 Å². The maximum atomic E-state index is 5.64. The molecule has 2 aromatic carbocycles. The van der Waals surface area contributed by atoms with Crippen molar-refractivity contribution in [2.75, 3.05) is 31.4 Å². The molecule has 1 aliphatic rings. The van der Waals surface area contributed by atoms with Gasteiger partial charge in [-0.25, -0.2) is 0 Å². The normalized spacial score (nSPS) is 14.8. The van der Waals surface area contributed by atoms with Gasteiger partial charge in [0.1, 0.15) is 22.1 Å². The molecule has 0 amide bonds. The third-order valence-corrected chi connectivity index (χ3v) is 6.68. The molecular weight excluding hydrogens is 442 g/mol. The van der Waals surface area contributed by atoms with E-state index >= 15 is 0 Å². The standard InChI is InChI=1S/C23H25N5O4S/c1-13-8-9-28-16(13)12-21(25-28)24-15-11-19-14(10-20(15)31-4)23(26-32-19)27-33-22-17(29-2)6-5-7-18(22)30-3/h5-7,10-13H,8-9H2,1-4H3,(H,24,25)(H,26,27). The smallest absolute Gasteiger partial charge is 0.187 e. The fourth-order valence-corrected chi connectivity index (χ4v) is 4.84. The summed E-state index contributed by atoms with van der Waals surface area (Å²) in [7, 11) is 4.88. The van der Waals surface area contributed by atoms with Gasteiger partial charge in [-0.2, -0.15) is 5.10 Å². The molecular formula is C23H25N5O4S. The lowest BCUT2D eigenvalue weighted by molar-refractivity contribution is 0.376. The van der Waals surface area contributed by atoms with Crippen molar-refractivity contribution in [2.24, 2.45) is 0 Å². The van der Waals surface area contributed by atoms with E-state index in [1.165, 1.54) is 17.6 Å². The minimum Gasteiger partial charge on any atom is -0.495 e. The van der Waals surface area contributed by atoms with Gasteiger partial charge in [0.15, 0.2) is 17.2 Å². The lowest BCUT2D eigenvalue weighted by atomic mass is 10.1. The van der Waals surface area contributed by atoms with Gasteiger partial charge in [-0.15, -0.1) is 0 Å². The zero-order chi connectivity index (χ0) is 22.9. The molecule has 172 valence electrons. The number of methoxy groups -OCH3 is 3. The van der Waals surface area contributed by atoms with Crippen molar-refractivity contribution < 1.29 is 18.7 Å². The van der Waals surface area contributed by atoms with E-state index in [4.69, 9.17) is 18.7 Å². The molecule has 5 rings (SSSR count). The zero-order valence-corrected chi connectivity index (χ0v) is 19.7. The molecule has 10 heteroatoms. The van der Waals surface area contributed by atoms with E-state index in [2.05, 4.69) is 38.0 Å². The Kier molecular flexibility index (Phi) is 5.67. The fourth-order valence-electron chi connectivity index (χ4n) is 3.99. The molecule has 9 nitrogen and oxygen atoms in total. The quantitative estimate of drug-likeness (QED) is 0.329. The molecule has 0 aliphatic carbocycles. The first kappa shape index (κ1) is 21.3. The maximum Gasteiger partial charge on any atom is 0.187 e. The van der Waals surface area contributed by atoms with Crippen molar-refractivity contribution in [3.63, 3.8) is 0 Å². The summed E-state index contributed by atoms with van der Waals surface area (Å²) in [5, 5.41) is 13.0. The first-order valence-corrected chi connectivity index (χ1v) is 11.4. The number of aromatic nitrogens is 3. The van der Waals surface area contributed by atoms with Gasteiger partial charge in [-0.05, 0) is 42.5 Å². The lowest BCUT2D eigenvalue weighted by Crippen LogP contribution is -1.98. The zero-order valence-electron chi connectivity index (χ0n) is 18.8. The molecule has 2 N–H and O–H groups in total. The third-order valence-electron chi connectivity index (χ3n) is 5.78. The van der Waals surface area contributed by atoms with Crippen LogP contribution >= 0.6 is 11.9 Å². The van der Waals surface area contributed by atoms with Crippen LogP contribution in [-0.2, 0) is 6.54 Å². The number of hydrogen-bond donors (Lipinski definition) is 2. The van der Waals surface area contributed by atoms with Gasteiger partial charge < -0.3 is 28.8 Å². The molecule has 1 unspecified atom stereocenters. The van der Waals surface area contributed by atoms with Crippen molar-refractivity contribution in [3.05, 3.63) is 42.1 Å². The van der Waals surface area contributed by atoms with Crippen LogP contribution in [0.25, 0.3) is 11.0 Å². The number of rotatable bonds is 8. The molecule has 33 heavy (non-hydrogen) atoms. The third kappa shape index (κ3) is 3.91. The number of aryl methyl sites for hydroxylation is 1. The number of hydrogen-bond acceptors (Lipinski definition) is 9. The van der Waals surface area contributed by atoms with E-state index in [1.807, 2.05) is 30.3 Å². The van der Waals surface area contributed by atoms with Gasteiger partial charge in [0.25, 0.3) is 0 Å². The minimum absolute atomic E-state index is 0.514. The maximum absolute atomic E-state index is 5.64. The average molecular weight is 468 g/mol. The summed E-state index contributed by atoms with van der Waals surface area (Å²) >= 11 is 1.34. The lowest BCUT2D eigenvalue weighted by Gasteiger charge is -2.12. The summed E-state index contributed by atoms with van der Waals surface area (Å²) in [6, 6.07) is 11.5. The second kappa shape index (κ2) is 8.78. The molecule has 0 saturated heterocycles. The summed E-state index contributed by atoms with van der Waals surface area (Å²) in [5.41, 5.74) is 2.62. The van der Waals surface area contributed by atoms with Gasteiger partial charge in [0.2, 0.25) is 0 Å². The van der Waals surface area contributed by atoms with Crippen LogP contribution in [0.4, 0.5) is 17.3 Å². The molecule has 1 atom stereocenters. The molecule has 4 aromatic rings. The van der Waals surface area contributed by atoms with E-state index in [-0.39, 0.29) is 0 Å². The van der Waals surface area contributed by atoms with Gasteiger partial charge >= 0.3 is 0 Å². The summed E-state index contributed by atoms with van der Waals surface area (Å²) in [6.07, 6.45) is 1.13. The highest BCUT2D eigenvalue weighted by Gasteiger charge is 2.22. The van der Waals surface area contributed by atoms with Gasteiger partial charge in [-0.1, -0.05) is 18.1 Å². The van der Waals surface area contributed by atoms with E-state index < -0.39 is 0 Å². The van der Waals surface area contributed by atoms with Crippen molar-refractivity contribution in [1.82, 2.24) is 14.9 Å². The van der Waals surface area contributed by atoms with E-state index in [0.717, 1.165) is 34.8 Å². The van der Waals surface area contributed by atoms with Crippen LogP contribution in [0, 0.1) is 0 Å². The average Bonchev–Trinajstić information content (AvgIpc) is 3.52. The van der Waals surface area contributed by atoms with Crippen LogP contribution in [0.15, 0.2) is 45.8 Å². The first-order chi connectivity index (χ1) is 16.1. The highest BCUT2D eigenvalue weighted by Crippen LogP contribution is 2.41. The van der Waals surface area contributed by atoms with Gasteiger partial charge in [-0.3, -0.25) is 4.68 Å². The second-order valence-corrected chi connectivity index (χ2v) is 8.58. The summed E-state index contributed by atoms with van der Waals surface area (Å²) in [5.74, 6) is 3.93. The van der Waals surface area contributed by atoms with Crippen molar-refractivity contribution >= 4 is 40.2 Å². The molecule has 0 radical (unpaired) electrons. The van der Waals surface area contributed by atoms with Gasteiger partial charge in [0, 0.05) is 24.4 Å². The monoisotopic (exact) mass is 467 g/mol. The Morgan fingerprint density at radius 1 is 1.06 bits per heavy atom. The van der Waals surface area contributed by atoms with Crippen LogP contribution in [0.3, 0.4) is 0 Å². The van der Waals surface area contributed by atoms with Crippen LogP contribution in [0.5, 0.6) is 17.2 Å².